The summed E-state index contributed by atoms with van der Waals surface area (Å²) in [5.74, 6) is -0.780. The van der Waals surface area contributed by atoms with Crippen molar-refractivity contribution in [2.75, 3.05) is 6.54 Å². The van der Waals surface area contributed by atoms with Gasteiger partial charge in [-0.15, -0.1) is 0 Å². The number of imide groups is 1. The molecule has 1 saturated carbocycles. The number of amides is 4. The van der Waals surface area contributed by atoms with Gasteiger partial charge in [-0.25, -0.2) is 4.79 Å². The molecule has 1 aliphatic carbocycles. The minimum Gasteiger partial charge on any atom is -0.458 e. The fraction of sp³-hybridized carbons (Fsp3) is 0.429. The highest BCUT2D eigenvalue weighted by atomic mass is 16.3. The van der Waals surface area contributed by atoms with E-state index in [1.807, 2.05) is 18.2 Å². The average Bonchev–Trinajstić information content (AvgIpc) is 3.25. The fourth-order valence-corrected chi connectivity index (χ4v) is 4.11. The van der Waals surface area contributed by atoms with E-state index in [0.717, 1.165) is 29.5 Å². The zero-order valence-electron chi connectivity index (χ0n) is 16.2. The van der Waals surface area contributed by atoms with Crippen molar-refractivity contribution in [1.82, 2.24) is 15.5 Å². The van der Waals surface area contributed by atoms with Gasteiger partial charge in [-0.05, 0) is 31.9 Å². The van der Waals surface area contributed by atoms with Crippen LogP contribution in [-0.4, -0.2) is 34.8 Å². The fourth-order valence-electron chi connectivity index (χ4n) is 4.11. The van der Waals surface area contributed by atoms with Gasteiger partial charge < -0.3 is 15.1 Å². The summed E-state index contributed by atoms with van der Waals surface area (Å²) in [7, 11) is 0. The Morgan fingerprint density at radius 1 is 1.28 bits per heavy atom. The van der Waals surface area contributed by atoms with E-state index < -0.39 is 35.5 Å². The Kier molecular flexibility index (Phi) is 4.53. The van der Waals surface area contributed by atoms with E-state index in [1.54, 1.807) is 19.1 Å². The smallest absolute Gasteiger partial charge is 0.325 e. The van der Waals surface area contributed by atoms with Crippen LogP contribution in [0.1, 0.15) is 44.8 Å². The number of fused-ring (bicyclic) bond motifs is 1. The SMILES string of the molecule is CC1(c2cc3ccccc3o2)NC(=O)N(CC(=O)NC2(C#N)CCCCC2)C1=O. The predicted octanol–water partition coefficient (Wildman–Crippen LogP) is 2.54. The molecule has 8 heteroatoms. The maximum absolute atomic E-state index is 13.0. The number of urea groups is 1. The van der Waals surface area contributed by atoms with Gasteiger partial charge in [0.1, 0.15) is 23.4 Å². The Hall–Kier alpha value is -3.34. The average molecular weight is 394 g/mol. The molecule has 1 unspecified atom stereocenters. The Balaban J connectivity index is 1.52. The van der Waals surface area contributed by atoms with E-state index in [2.05, 4.69) is 16.7 Å². The molecule has 29 heavy (non-hydrogen) atoms. The van der Waals surface area contributed by atoms with E-state index in [-0.39, 0.29) is 0 Å². The van der Waals surface area contributed by atoms with Crippen LogP contribution in [0.15, 0.2) is 34.7 Å². The monoisotopic (exact) mass is 394 g/mol. The molecule has 2 aliphatic rings. The molecule has 2 fully saturated rings. The van der Waals surface area contributed by atoms with Gasteiger partial charge in [-0.3, -0.25) is 14.5 Å². The number of para-hydroxylation sites is 1. The number of carbonyl (C=O) groups is 3. The van der Waals surface area contributed by atoms with Crippen molar-refractivity contribution in [2.45, 2.75) is 50.1 Å². The molecule has 0 radical (unpaired) electrons. The second-order valence-electron chi connectivity index (χ2n) is 7.90. The molecule has 1 atom stereocenters. The van der Waals surface area contributed by atoms with Crippen molar-refractivity contribution < 1.29 is 18.8 Å². The molecule has 2 heterocycles. The summed E-state index contributed by atoms with van der Waals surface area (Å²) in [5, 5.41) is 15.7. The molecule has 0 bridgehead atoms. The highest BCUT2D eigenvalue weighted by Gasteiger charge is 2.52. The minimum absolute atomic E-state index is 0.306. The van der Waals surface area contributed by atoms with Gasteiger partial charge in [0, 0.05) is 5.39 Å². The maximum atomic E-state index is 13.0. The van der Waals surface area contributed by atoms with E-state index in [0.29, 0.717) is 24.2 Å². The van der Waals surface area contributed by atoms with E-state index in [4.69, 9.17) is 4.42 Å². The van der Waals surface area contributed by atoms with Crippen LogP contribution < -0.4 is 10.6 Å². The third-order valence-electron chi connectivity index (χ3n) is 5.79. The lowest BCUT2D eigenvalue weighted by atomic mass is 9.83. The van der Waals surface area contributed by atoms with Crippen LogP contribution in [0.3, 0.4) is 0 Å². The molecule has 4 amide bonds. The van der Waals surface area contributed by atoms with Gasteiger partial charge in [0.2, 0.25) is 5.91 Å². The first kappa shape index (κ1) is 19.0. The molecule has 0 spiro atoms. The summed E-state index contributed by atoms with van der Waals surface area (Å²) in [6.45, 7) is 1.12. The number of benzene rings is 1. The minimum atomic E-state index is -1.39. The Bertz CT molecular complexity index is 998. The van der Waals surface area contributed by atoms with Crippen LogP contribution in [0.2, 0.25) is 0 Å². The van der Waals surface area contributed by atoms with Gasteiger partial charge in [0.15, 0.2) is 5.54 Å². The molecule has 1 aliphatic heterocycles. The third-order valence-corrected chi connectivity index (χ3v) is 5.79. The Labute approximate surface area is 167 Å². The summed E-state index contributed by atoms with van der Waals surface area (Å²) < 4.78 is 5.78. The van der Waals surface area contributed by atoms with Crippen molar-refractivity contribution in [2.24, 2.45) is 0 Å². The lowest BCUT2D eigenvalue weighted by Crippen LogP contribution is -2.52. The van der Waals surface area contributed by atoms with Crippen molar-refractivity contribution in [3.63, 3.8) is 0 Å². The van der Waals surface area contributed by atoms with Crippen molar-refractivity contribution in [3.8, 4) is 6.07 Å². The number of hydrogen-bond acceptors (Lipinski definition) is 5. The number of nitrogens with one attached hydrogen (secondary N) is 2. The van der Waals surface area contributed by atoms with E-state index >= 15 is 0 Å². The van der Waals surface area contributed by atoms with Gasteiger partial charge in [0.25, 0.3) is 5.91 Å². The van der Waals surface area contributed by atoms with Gasteiger partial charge in [-0.2, -0.15) is 5.26 Å². The molecule has 8 nitrogen and oxygen atoms in total. The quantitative estimate of drug-likeness (QED) is 0.773. The second-order valence-corrected chi connectivity index (χ2v) is 7.90. The molecule has 2 N–H and O–H groups in total. The van der Waals surface area contributed by atoms with Crippen molar-refractivity contribution in [3.05, 3.63) is 36.1 Å². The van der Waals surface area contributed by atoms with Crippen LogP contribution in [0, 0.1) is 11.3 Å². The predicted molar refractivity (Wildman–Crippen MR) is 103 cm³/mol. The van der Waals surface area contributed by atoms with Crippen molar-refractivity contribution in [1.29, 1.82) is 5.26 Å². The standard InChI is InChI=1S/C21H22N4O4/c1-20(16-11-14-7-3-4-8-15(14)29-16)18(27)25(19(28)24-20)12-17(26)23-21(13-22)9-5-2-6-10-21/h3-4,7-8,11H,2,5-6,9-10,12H2,1H3,(H,23,26)(H,24,28). The molecular formula is C21H22N4O4. The van der Waals surface area contributed by atoms with Crippen LogP contribution >= 0.6 is 0 Å². The van der Waals surface area contributed by atoms with Crippen LogP contribution in [0.5, 0.6) is 0 Å². The normalized spacial score (nSPS) is 23.7. The summed E-state index contributed by atoms with van der Waals surface area (Å²) in [6, 6.07) is 10.6. The molecule has 2 aromatic rings. The molecule has 4 rings (SSSR count). The number of nitrogens with zero attached hydrogens (tertiary/aromatic N) is 2. The van der Waals surface area contributed by atoms with Crippen LogP contribution in [0.25, 0.3) is 11.0 Å². The Morgan fingerprint density at radius 3 is 2.69 bits per heavy atom. The summed E-state index contributed by atoms with van der Waals surface area (Å²) in [4.78, 5) is 38.9. The largest absolute Gasteiger partial charge is 0.458 e. The Morgan fingerprint density at radius 2 is 2.00 bits per heavy atom. The van der Waals surface area contributed by atoms with Crippen LogP contribution in [-0.2, 0) is 15.1 Å². The topological polar surface area (TPSA) is 115 Å². The number of furan rings is 1. The first-order valence-corrected chi connectivity index (χ1v) is 9.72. The van der Waals surface area contributed by atoms with Crippen molar-refractivity contribution >= 4 is 28.8 Å². The number of rotatable bonds is 4. The van der Waals surface area contributed by atoms with E-state index in [1.165, 1.54) is 0 Å². The maximum Gasteiger partial charge on any atom is 0.325 e. The van der Waals surface area contributed by atoms with Gasteiger partial charge >= 0.3 is 6.03 Å². The highest BCUT2D eigenvalue weighted by Crippen LogP contribution is 2.33. The first-order chi connectivity index (χ1) is 13.9. The first-order valence-electron chi connectivity index (χ1n) is 9.72. The lowest BCUT2D eigenvalue weighted by Gasteiger charge is -2.32. The summed E-state index contributed by atoms with van der Waals surface area (Å²) in [5.41, 5.74) is -1.71. The second kappa shape index (κ2) is 6.92. The zero-order chi connectivity index (χ0) is 20.6. The number of carbonyl (C=O) groups excluding carboxylic acids is 3. The summed E-state index contributed by atoms with van der Waals surface area (Å²) >= 11 is 0. The molecule has 1 aromatic carbocycles. The zero-order valence-corrected chi connectivity index (χ0v) is 16.2. The highest BCUT2D eigenvalue weighted by molar-refractivity contribution is 6.09. The molecular weight excluding hydrogens is 372 g/mol. The summed E-state index contributed by atoms with van der Waals surface area (Å²) in [6.07, 6.45) is 3.91. The van der Waals surface area contributed by atoms with Gasteiger partial charge in [-0.1, -0.05) is 37.5 Å². The lowest BCUT2D eigenvalue weighted by molar-refractivity contribution is -0.135. The van der Waals surface area contributed by atoms with E-state index in [9.17, 15) is 19.6 Å². The molecule has 1 aromatic heterocycles. The number of nitriles is 1. The third kappa shape index (κ3) is 3.23. The number of hydrogen-bond donors (Lipinski definition) is 2. The van der Waals surface area contributed by atoms with Gasteiger partial charge in [0.05, 0.1) is 6.07 Å². The van der Waals surface area contributed by atoms with Crippen LogP contribution in [0.4, 0.5) is 4.79 Å². The molecule has 1 saturated heterocycles. The molecule has 150 valence electrons.